The minimum atomic E-state index is 0.270. The van der Waals surface area contributed by atoms with E-state index in [0.29, 0.717) is 0 Å². The van der Waals surface area contributed by atoms with Crippen molar-refractivity contribution >= 4 is 0 Å². The van der Waals surface area contributed by atoms with E-state index in [2.05, 4.69) is 18.7 Å². The van der Waals surface area contributed by atoms with Crippen LogP contribution >= 0.6 is 0 Å². The molecule has 0 bridgehead atoms. The Morgan fingerprint density at radius 1 is 1.00 bits per heavy atom. The zero-order chi connectivity index (χ0) is 12.6. The Morgan fingerprint density at radius 2 is 1.65 bits per heavy atom. The van der Waals surface area contributed by atoms with E-state index in [9.17, 15) is 0 Å². The molecule has 2 N–H and O–H groups in total. The summed E-state index contributed by atoms with van der Waals surface area (Å²) in [5, 5.41) is 0. The highest BCUT2D eigenvalue weighted by molar-refractivity contribution is 4.88. The van der Waals surface area contributed by atoms with Crippen LogP contribution in [0.15, 0.2) is 0 Å². The average molecular weight is 240 g/mol. The summed E-state index contributed by atoms with van der Waals surface area (Å²) in [6, 6.07) is 0. The van der Waals surface area contributed by atoms with Gasteiger partial charge in [-0.05, 0) is 39.3 Å². The van der Waals surface area contributed by atoms with E-state index < -0.39 is 0 Å². The first-order valence-corrected chi connectivity index (χ1v) is 7.68. The zero-order valence-electron chi connectivity index (χ0n) is 12.0. The van der Waals surface area contributed by atoms with E-state index in [-0.39, 0.29) is 5.54 Å². The summed E-state index contributed by atoms with van der Waals surface area (Å²) >= 11 is 0. The van der Waals surface area contributed by atoms with Crippen molar-refractivity contribution in [2.45, 2.75) is 77.2 Å². The number of rotatable bonds is 8. The lowest BCUT2D eigenvalue weighted by Gasteiger charge is -2.43. The number of nitrogens with zero attached hydrogens (tertiary/aromatic N) is 1. The van der Waals surface area contributed by atoms with Gasteiger partial charge in [-0.1, -0.05) is 45.4 Å². The van der Waals surface area contributed by atoms with Gasteiger partial charge in [0.05, 0.1) is 0 Å². The van der Waals surface area contributed by atoms with Crippen LogP contribution in [0.5, 0.6) is 0 Å². The number of hydrogen-bond acceptors (Lipinski definition) is 2. The predicted molar refractivity (Wildman–Crippen MR) is 76.3 cm³/mol. The van der Waals surface area contributed by atoms with E-state index >= 15 is 0 Å². The molecule has 17 heavy (non-hydrogen) atoms. The Morgan fingerprint density at radius 3 is 2.24 bits per heavy atom. The molecule has 0 aromatic carbocycles. The molecule has 0 saturated carbocycles. The molecule has 1 aliphatic heterocycles. The summed E-state index contributed by atoms with van der Waals surface area (Å²) in [6.07, 6.45) is 12.3. The fourth-order valence-electron chi connectivity index (χ4n) is 2.93. The van der Waals surface area contributed by atoms with Crippen LogP contribution in [0.25, 0.3) is 0 Å². The lowest BCUT2D eigenvalue weighted by molar-refractivity contribution is 0.0771. The third kappa shape index (κ3) is 4.97. The molecule has 1 heterocycles. The second-order valence-electron chi connectivity index (χ2n) is 5.91. The van der Waals surface area contributed by atoms with Crippen molar-refractivity contribution in [2.75, 3.05) is 19.6 Å². The smallest absolute Gasteiger partial charge is 0.0303 e. The summed E-state index contributed by atoms with van der Waals surface area (Å²) in [5.74, 6) is 0. The maximum absolute atomic E-state index is 6.04. The lowest BCUT2D eigenvalue weighted by Crippen LogP contribution is -2.53. The number of nitrogens with two attached hydrogens (primary N) is 1. The van der Waals surface area contributed by atoms with E-state index in [1.807, 2.05) is 0 Å². The first kappa shape index (κ1) is 15.0. The quantitative estimate of drug-likeness (QED) is 0.657. The molecule has 1 atom stereocenters. The van der Waals surface area contributed by atoms with Gasteiger partial charge in [-0.25, -0.2) is 0 Å². The first-order chi connectivity index (χ1) is 8.23. The molecule has 1 unspecified atom stereocenters. The van der Waals surface area contributed by atoms with Gasteiger partial charge in [-0.15, -0.1) is 0 Å². The molecular weight excluding hydrogens is 208 g/mol. The third-order valence-electron chi connectivity index (χ3n) is 4.38. The fourth-order valence-corrected chi connectivity index (χ4v) is 2.93. The van der Waals surface area contributed by atoms with Crippen LogP contribution in [0, 0.1) is 0 Å². The van der Waals surface area contributed by atoms with Crippen LogP contribution in [0.2, 0.25) is 0 Å². The number of likely N-dealkylation sites (tertiary alicyclic amines) is 1. The van der Waals surface area contributed by atoms with Gasteiger partial charge in [0.2, 0.25) is 0 Å². The SMILES string of the molecule is CCCCCCCC(C)(CN)N1CCCCC1. The minimum Gasteiger partial charge on any atom is -0.329 e. The van der Waals surface area contributed by atoms with E-state index in [0.717, 1.165) is 6.54 Å². The molecule has 2 nitrogen and oxygen atoms in total. The molecule has 2 heteroatoms. The molecule has 1 aliphatic rings. The molecular formula is C15H32N2. The molecule has 0 aromatic rings. The Labute approximate surface area is 108 Å². The molecule has 0 radical (unpaired) electrons. The van der Waals surface area contributed by atoms with Crippen LogP contribution in [0.3, 0.4) is 0 Å². The molecule has 1 saturated heterocycles. The zero-order valence-corrected chi connectivity index (χ0v) is 12.0. The van der Waals surface area contributed by atoms with Crippen LogP contribution in [-0.4, -0.2) is 30.1 Å². The maximum atomic E-state index is 6.04. The van der Waals surface area contributed by atoms with Gasteiger partial charge in [0.1, 0.15) is 0 Å². The number of unbranched alkanes of at least 4 members (excludes halogenated alkanes) is 4. The van der Waals surface area contributed by atoms with Gasteiger partial charge in [0.25, 0.3) is 0 Å². The van der Waals surface area contributed by atoms with E-state index in [1.54, 1.807) is 0 Å². The summed E-state index contributed by atoms with van der Waals surface area (Å²) in [7, 11) is 0. The molecule has 1 rings (SSSR count). The molecule has 1 fully saturated rings. The standard InChI is InChI=1S/C15H32N2/c1-3-4-5-6-8-11-15(2,14-16)17-12-9-7-10-13-17/h3-14,16H2,1-2H3. The van der Waals surface area contributed by atoms with Crippen molar-refractivity contribution < 1.29 is 0 Å². The summed E-state index contributed by atoms with van der Waals surface area (Å²) in [4.78, 5) is 2.65. The Hall–Kier alpha value is -0.0800. The van der Waals surface area contributed by atoms with Crippen LogP contribution < -0.4 is 5.73 Å². The van der Waals surface area contributed by atoms with Crippen molar-refractivity contribution in [3.8, 4) is 0 Å². The van der Waals surface area contributed by atoms with Crippen molar-refractivity contribution in [1.82, 2.24) is 4.90 Å². The number of piperidine rings is 1. The van der Waals surface area contributed by atoms with Crippen molar-refractivity contribution in [2.24, 2.45) is 5.73 Å². The largest absolute Gasteiger partial charge is 0.329 e. The monoisotopic (exact) mass is 240 g/mol. The highest BCUT2D eigenvalue weighted by Crippen LogP contribution is 2.25. The summed E-state index contributed by atoms with van der Waals surface area (Å²) in [5.41, 5.74) is 6.31. The molecule has 0 aliphatic carbocycles. The Bertz CT molecular complexity index is 187. The van der Waals surface area contributed by atoms with Gasteiger partial charge in [0.15, 0.2) is 0 Å². The first-order valence-electron chi connectivity index (χ1n) is 7.68. The number of hydrogen-bond donors (Lipinski definition) is 1. The average Bonchev–Trinajstić information content (AvgIpc) is 2.39. The highest BCUT2D eigenvalue weighted by Gasteiger charge is 2.30. The Kier molecular flexibility index (Phi) is 7.14. The fraction of sp³-hybridized carbons (Fsp3) is 1.00. The third-order valence-corrected chi connectivity index (χ3v) is 4.38. The van der Waals surface area contributed by atoms with E-state index in [4.69, 9.17) is 5.73 Å². The Balaban J connectivity index is 2.28. The van der Waals surface area contributed by atoms with Crippen LogP contribution in [0.4, 0.5) is 0 Å². The minimum absolute atomic E-state index is 0.270. The van der Waals surface area contributed by atoms with Gasteiger partial charge < -0.3 is 5.73 Å². The van der Waals surface area contributed by atoms with Crippen LogP contribution in [0.1, 0.15) is 71.6 Å². The second kappa shape index (κ2) is 8.10. The van der Waals surface area contributed by atoms with Crippen molar-refractivity contribution in [3.05, 3.63) is 0 Å². The van der Waals surface area contributed by atoms with Gasteiger partial charge >= 0.3 is 0 Å². The summed E-state index contributed by atoms with van der Waals surface area (Å²) in [6.45, 7) is 8.00. The normalized spacial score (nSPS) is 21.4. The molecule has 0 aromatic heterocycles. The van der Waals surface area contributed by atoms with Gasteiger partial charge in [-0.3, -0.25) is 4.90 Å². The maximum Gasteiger partial charge on any atom is 0.0303 e. The molecule has 102 valence electrons. The summed E-state index contributed by atoms with van der Waals surface area (Å²) < 4.78 is 0. The predicted octanol–water partition coefficient (Wildman–Crippen LogP) is 3.55. The van der Waals surface area contributed by atoms with Crippen molar-refractivity contribution in [3.63, 3.8) is 0 Å². The lowest BCUT2D eigenvalue weighted by atomic mass is 9.90. The second-order valence-corrected chi connectivity index (χ2v) is 5.91. The van der Waals surface area contributed by atoms with Gasteiger partial charge in [0, 0.05) is 12.1 Å². The van der Waals surface area contributed by atoms with Crippen molar-refractivity contribution in [1.29, 1.82) is 0 Å². The van der Waals surface area contributed by atoms with E-state index in [1.165, 1.54) is 70.9 Å². The van der Waals surface area contributed by atoms with Gasteiger partial charge in [-0.2, -0.15) is 0 Å². The molecule has 0 amide bonds. The van der Waals surface area contributed by atoms with Crippen LogP contribution in [-0.2, 0) is 0 Å². The molecule has 0 spiro atoms. The topological polar surface area (TPSA) is 29.3 Å². The highest BCUT2D eigenvalue weighted by atomic mass is 15.2.